The van der Waals surface area contributed by atoms with Crippen LogP contribution in [0.4, 0.5) is 0 Å². The molecule has 1 rings (SSSR count). The van der Waals surface area contributed by atoms with Gasteiger partial charge in [-0.1, -0.05) is 49.4 Å². The third kappa shape index (κ3) is 11.7. The summed E-state index contributed by atoms with van der Waals surface area (Å²) in [7, 11) is 0. The fourth-order valence-corrected chi connectivity index (χ4v) is 1.46. The molecule has 1 aromatic carbocycles. The van der Waals surface area contributed by atoms with Crippen molar-refractivity contribution in [1.82, 2.24) is 0 Å². The molecule has 2 nitrogen and oxygen atoms in total. The first-order valence-electron chi connectivity index (χ1n) is 7.57. The Morgan fingerprint density at radius 3 is 2.09 bits per heavy atom. The second-order valence-corrected chi connectivity index (χ2v) is 4.58. The Kier molecular flexibility index (Phi) is 15.4. The molecule has 0 aliphatic carbocycles. The summed E-state index contributed by atoms with van der Waals surface area (Å²) in [6.07, 6.45) is 12.3. The zero-order valence-corrected chi connectivity index (χ0v) is 14.8. The van der Waals surface area contributed by atoms with Crippen molar-refractivity contribution in [3.8, 4) is 5.75 Å². The first-order chi connectivity index (χ1) is 10.5. The maximum absolute atomic E-state index is 9.10. The van der Waals surface area contributed by atoms with Crippen molar-refractivity contribution in [1.29, 1.82) is 0 Å². The van der Waals surface area contributed by atoms with Gasteiger partial charge < -0.3 is 9.90 Å². The summed E-state index contributed by atoms with van der Waals surface area (Å²) in [4.78, 5) is 8.81. The van der Waals surface area contributed by atoms with E-state index in [1.54, 1.807) is 6.07 Å². The van der Waals surface area contributed by atoms with E-state index in [1.807, 2.05) is 45.9 Å². The molecule has 0 amide bonds. The number of carbonyl (C=O) groups is 1. The summed E-state index contributed by atoms with van der Waals surface area (Å²) in [5, 5.41) is 9.10. The second kappa shape index (κ2) is 15.3. The molecule has 0 spiro atoms. The lowest BCUT2D eigenvalue weighted by Crippen LogP contribution is -1.78. The Morgan fingerprint density at radius 2 is 1.73 bits per heavy atom. The lowest BCUT2D eigenvalue weighted by Gasteiger charge is -1.99. The van der Waals surface area contributed by atoms with Gasteiger partial charge in [0.15, 0.2) is 0 Å². The van der Waals surface area contributed by atoms with Gasteiger partial charge in [0.05, 0.1) is 0 Å². The van der Waals surface area contributed by atoms with Crippen molar-refractivity contribution in [2.45, 2.75) is 48.0 Å². The average Bonchev–Trinajstić information content (AvgIpc) is 2.50. The van der Waals surface area contributed by atoms with Gasteiger partial charge in [-0.15, -0.1) is 0 Å². The topological polar surface area (TPSA) is 37.3 Å². The van der Waals surface area contributed by atoms with Gasteiger partial charge in [0.25, 0.3) is 0 Å². The fraction of sp³-hybridized carbons (Fsp3) is 0.350. The summed E-state index contributed by atoms with van der Waals surface area (Å²) >= 11 is 0. The molecule has 0 fully saturated rings. The van der Waals surface area contributed by atoms with E-state index in [9.17, 15) is 0 Å². The molecule has 1 aromatic rings. The van der Waals surface area contributed by atoms with Crippen LogP contribution in [-0.4, -0.2) is 11.4 Å². The highest BCUT2D eigenvalue weighted by atomic mass is 16.3. The number of aromatic hydroxyl groups is 1. The highest BCUT2D eigenvalue weighted by Crippen LogP contribution is 2.17. The Labute approximate surface area is 135 Å². The Balaban J connectivity index is 0. The van der Waals surface area contributed by atoms with Crippen molar-refractivity contribution >= 4 is 6.29 Å². The largest absolute Gasteiger partial charge is 0.508 e. The first-order valence-corrected chi connectivity index (χ1v) is 7.57. The molecule has 0 unspecified atom stereocenters. The standard InChI is InChI=1S/C10H16.C8H10O.C2H4O/c1-4-7-9-10(6-3)8-5-2;1-6-4-3-5-8(9)7(6)2;1-2-3/h4-5,7-9H,6H2,1-3H3;3-5,9H,1-2H3;2H,1H3/b7-4+,8-5-,10-9-;;. The van der Waals surface area contributed by atoms with Crippen molar-refractivity contribution in [2.75, 3.05) is 0 Å². The van der Waals surface area contributed by atoms with E-state index in [4.69, 9.17) is 9.90 Å². The number of hydrogen-bond acceptors (Lipinski definition) is 2. The zero-order chi connectivity index (χ0) is 17.4. The number of phenolic OH excluding ortho intramolecular Hbond substituents is 1. The van der Waals surface area contributed by atoms with Gasteiger partial charge in [-0.25, -0.2) is 0 Å². The number of rotatable bonds is 3. The summed E-state index contributed by atoms with van der Waals surface area (Å²) in [6, 6.07) is 5.52. The maximum Gasteiger partial charge on any atom is 0.118 e. The molecule has 0 saturated carbocycles. The molecule has 0 radical (unpaired) electrons. The normalized spacial score (nSPS) is 10.7. The van der Waals surface area contributed by atoms with Crippen LogP contribution in [0.5, 0.6) is 5.75 Å². The van der Waals surface area contributed by atoms with Gasteiger partial charge >= 0.3 is 0 Å². The molecule has 122 valence electrons. The predicted octanol–water partition coefficient (Wildman–Crippen LogP) is 5.69. The summed E-state index contributed by atoms with van der Waals surface area (Å²) in [6.45, 7) is 11.6. The zero-order valence-electron chi connectivity index (χ0n) is 14.8. The molecule has 0 saturated heterocycles. The van der Waals surface area contributed by atoms with Crippen molar-refractivity contribution in [3.05, 3.63) is 65.3 Å². The van der Waals surface area contributed by atoms with Gasteiger partial charge in [-0.05, 0) is 63.8 Å². The van der Waals surface area contributed by atoms with Crippen LogP contribution in [-0.2, 0) is 4.79 Å². The fourth-order valence-electron chi connectivity index (χ4n) is 1.46. The van der Waals surface area contributed by atoms with E-state index < -0.39 is 0 Å². The quantitative estimate of drug-likeness (QED) is 0.575. The molecule has 1 N–H and O–H groups in total. The van der Waals surface area contributed by atoms with Gasteiger partial charge in [-0.3, -0.25) is 0 Å². The molecule has 0 aliphatic rings. The number of aldehydes is 1. The highest BCUT2D eigenvalue weighted by molar-refractivity contribution is 5.44. The SMILES string of the molecule is CC=O.C\C=C/C(=C\C=C\C)CC.Cc1cccc(O)c1C. The number of hydrogen-bond donors (Lipinski definition) is 1. The third-order valence-electron chi connectivity index (χ3n) is 2.87. The van der Waals surface area contributed by atoms with E-state index >= 15 is 0 Å². The summed E-state index contributed by atoms with van der Waals surface area (Å²) in [5.41, 5.74) is 3.48. The summed E-state index contributed by atoms with van der Waals surface area (Å²) in [5.74, 6) is 0.384. The molecule has 0 heterocycles. The van der Waals surface area contributed by atoms with Gasteiger partial charge in [0.2, 0.25) is 0 Å². The van der Waals surface area contributed by atoms with Crippen molar-refractivity contribution in [3.63, 3.8) is 0 Å². The summed E-state index contributed by atoms with van der Waals surface area (Å²) < 4.78 is 0. The minimum atomic E-state index is 0.384. The lowest BCUT2D eigenvalue weighted by atomic mass is 10.1. The molecule has 0 aromatic heterocycles. The van der Waals surface area contributed by atoms with Crippen LogP contribution in [0, 0.1) is 13.8 Å². The van der Waals surface area contributed by atoms with Crippen LogP contribution in [0.3, 0.4) is 0 Å². The minimum absolute atomic E-state index is 0.384. The maximum atomic E-state index is 9.10. The number of carbonyl (C=O) groups excluding carboxylic acids is 1. The van der Waals surface area contributed by atoms with E-state index in [1.165, 1.54) is 12.5 Å². The van der Waals surface area contributed by atoms with Crippen LogP contribution >= 0.6 is 0 Å². The van der Waals surface area contributed by atoms with Crippen LogP contribution in [0.2, 0.25) is 0 Å². The molecule has 22 heavy (non-hydrogen) atoms. The van der Waals surface area contributed by atoms with Crippen LogP contribution < -0.4 is 0 Å². The number of phenols is 1. The van der Waals surface area contributed by atoms with Gasteiger partial charge in [0, 0.05) is 0 Å². The third-order valence-corrected chi connectivity index (χ3v) is 2.87. The van der Waals surface area contributed by atoms with Crippen LogP contribution in [0.1, 0.15) is 45.2 Å². The molecule has 0 atom stereocenters. The Bertz CT molecular complexity index is 474. The smallest absolute Gasteiger partial charge is 0.118 e. The minimum Gasteiger partial charge on any atom is -0.508 e. The number of benzene rings is 1. The van der Waals surface area contributed by atoms with Gasteiger partial charge in [-0.2, -0.15) is 0 Å². The molecule has 0 aliphatic heterocycles. The Hall–Kier alpha value is -2.09. The average molecular weight is 302 g/mol. The van der Waals surface area contributed by atoms with Crippen molar-refractivity contribution in [2.24, 2.45) is 0 Å². The highest BCUT2D eigenvalue weighted by Gasteiger charge is 1.94. The first kappa shape index (κ1) is 22.2. The Morgan fingerprint density at radius 1 is 1.14 bits per heavy atom. The van der Waals surface area contributed by atoms with E-state index in [-0.39, 0.29) is 0 Å². The molecule has 2 heteroatoms. The van der Waals surface area contributed by atoms with Crippen molar-refractivity contribution < 1.29 is 9.90 Å². The molecule has 0 bridgehead atoms. The number of aryl methyl sites for hydroxylation is 1. The van der Waals surface area contributed by atoms with Crippen LogP contribution in [0.15, 0.2) is 54.2 Å². The van der Waals surface area contributed by atoms with E-state index in [0.717, 1.165) is 23.8 Å². The number of allylic oxidation sites excluding steroid dienone is 6. The van der Waals surface area contributed by atoms with E-state index in [2.05, 4.69) is 31.2 Å². The molecular weight excluding hydrogens is 272 g/mol. The van der Waals surface area contributed by atoms with Crippen LogP contribution in [0.25, 0.3) is 0 Å². The lowest BCUT2D eigenvalue weighted by molar-refractivity contribution is -0.106. The van der Waals surface area contributed by atoms with Gasteiger partial charge in [0.1, 0.15) is 12.0 Å². The molecular formula is C20H30O2. The monoisotopic (exact) mass is 302 g/mol. The van der Waals surface area contributed by atoms with E-state index in [0.29, 0.717) is 5.75 Å². The second-order valence-electron chi connectivity index (χ2n) is 4.58. The predicted molar refractivity (Wildman–Crippen MR) is 97.3 cm³/mol.